The van der Waals surface area contributed by atoms with E-state index in [0.29, 0.717) is 19.0 Å². The smallest absolute Gasteiger partial charge is 0.309 e. The van der Waals surface area contributed by atoms with Gasteiger partial charge < -0.3 is 10.6 Å². The van der Waals surface area contributed by atoms with Gasteiger partial charge in [0.2, 0.25) is 0 Å². The number of carbonyl (C=O) groups excluding carboxylic acids is 2. The fourth-order valence-electron chi connectivity index (χ4n) is 3.03. The van der Waals surface area contributed by atoms with Crippen LogP contribution in [0.25, 0.3) is 0 Å². The minimum Gasteiger partial charge on any atom is -0.348 e. The third kappa shape index (κ3) is 5.51. The molecule has 2 N–H and O–H groups in total. The van der Waals surface area contributed by atoms with E-state index in [0.717, 1.165) is 17.5 Å². The van der Waals surface area contributed by atoms with Gasteiger partial charge in [0.05, 0.1) is 0 Å². The van der Waals surface area contributed by atoms with Crippen molar-refractivity contribution in [2.45, 2.75) is 52.0 Å². The van der Waals surface area contributed by atoms with Crippen LogP contribution < -0.4 is 10.6 Å². The fraction of sp³-hybridized carbons (Fsp3) is 0.556. The molecule has 22 heavy (non-hydrogen) atoms. The largest absolute Gasteiger partial charge is 0.348 e. The molecule has 0 bridgehead atoms. The van der Waals surface area contributed by atoms with Gasteiger partial charge in [-0.15, -0.1) is 0 Å². The maximum atomic E-state index is 11.8. The number of nitrogens with one attached hydrogen (secondary N) is 2. The first kappa shape index (κ1) is 16.5. The van der Waals surface area contributed by atoms with Crippen molar-refractivity contribution >= 4 is 11.8 Å². The van der Waals surface area contributed by atoms with Crippen molar-refractivity contribution < 1.29 is 9.59 Å². The molecule has 2 amide bonds. The zero-order valence-corrected chi connectivity index (χ0v) is 13.4. The standard InChI is InChI=1S/C18H26N2O2/c1-14-6-5-9-16(12-14)13-20-18(22)17(21)19-11-10-15-7-3-2-4-8-15/h5-6,9,12,15H,2-4,7-8,10-11,13H2,1H3,(H,19,21)(H,20,22). The summed E-state index contributed by atoms with van der Waals surface area (Å²) in [6, 6.07) is 7.89. The number of amides is 2. The monoisotopic (exact) mass is 302 g/mol. The molecule has 1 fully saturated rings. The maximum Gasteiger partial charge on any atom is 0.309 e. The van der Waals surface area contributed by atoms with Crippen molar-refractivity contribution in [3.05, 3.63) is 35.4 Å². The number of aryl methyl sites for hydroxylation is 1. The third-order valence-corrected chi connectivity index (χ3v) is 4.30. The molecule has 1 aliphatic rings. The number of carbonyl (C=O) groups is 2. The SMILES string of the molecule is Cc1cccc(CNC(=O)C(=O)NCCC2CCCCC2)c1. The summed E-state index contributed by atoms with van der Waals surface area (Å²) in [5.74, 6) is -0.363. The summed E-state index contributed by atoms with van der Waals surface area (Å²) in [7, 11) is 0. The molecule has 120 valence electrons. The lowest BCUT2D eigenvalue weighted by atomic mass is 9.87. The Kier molecular flexibility index (Phi) is 6.44. The Balaban J connectivity index is 1.65. The van der Waals surface area contributed by atoms with E-state index in [1.807, 2.05) is 31.2 Å². The Morgan fingerprint density at radius 1 is 1.09 bits per heavy atom. The van der Waals surface area contributed by atoms with Crippen LogP contribution >= 0.6 is 0 Å². The molecule has 0 spiro atoms. The quantitative estimate of drug-likeness (QED) is 0.822. The third-order valence-electron chi connectivity index (χ3n) is 4.30. The van der Waals surface area contributed by atoms with Crippen molar-refractivity contribution in [2.75, 3.05) is 6.54 Å². The van der Waals surface area contributed by atoms with Crippen LogP contribution in [0.1, 0.15) is 49.7 Å². The van der Waals surface area contributed by atoms with Gasteiger partial charge in [0, 0.05) is 13.1 Å². The Morgan fingerprint density at radius 2 is 1.82 bits per heavy atom. The Bertz CT molecular complexity index is 508. The van der Waals surface area contributed by atoms with Gasteiger partial charge in [-0.25, -0.2) is 0 Å². The molecule has 1 aliphatic carbocycles. The first-order chi connectivity index (χ1) is 10.6. The molecular weight excluding hydrogens is 276 g/mol. The summed E-state index contributed by atoms with van der Waals surface area (Å²) in [6.07, 6.45) is 7.44. The topological polar surface area (TPSA) is 58.2 Å². The molecule has 0 aliphatic heterocycles. The van der Waals surface area contributed by atoms with Crippen molar-refractivity contribution in [3.8, 4) is 0 Å². The summed E-state index contributed by atoms with van der Waals surface area (Å²) in [5, 5.41) is 5.39. The first-order valence-electron chi connectivity index (χ1n) is 8.27. The molecule has 0 heterocycles. The van der Waals surface area contributed by atoms with Crippen LogP contribution in [0.5, 0.6) is 0 Å². The van der Waals surface area contributed by atoms with Gasteiger partial charge in [-0.05, 0) is 24.8 Å². The van der Waals surface area contributed by atoms with Gasteiger partial charge in [-0.1, -0.05) is 61.9 Å². The minimum atomic E-state index is -0.551. The van der Waals surface area contributed by atoms with Crippen LogP contribution in [-0.4, -0.2) is 18.4 Å². The summed E-state index contributed by atoms with van der Waals surface area (Å²) >= 11 is 0. The van der Waals surface area contributed by atoms with Gasteiger partial charge in [-0.2, -0.15) is 0 Å². The van der Waals surface area contributed by atoms with E-state index in [4.69, 9.17) is 0 Å². The maximum absolute atomic E-state index is 11.8. The van der Waals surface area contributed by atoms with Crippen molar-refractivity contribution in [3.63, 3.8) is 0 Å². The van der Waals surface area contributed by atoms with Gasteiger partial charge in [0.1, 0.15) is 0 Å². The average Bonchev–Trinajstić information content (AvgIpc) is 2.53. The molecule has 4 nitrogen and oxygen atoms in total. The zero-order valence-electron chi connectivity index (χ0n) is 13.4. The van der Waals surface area contributed by atoms with Crippen LogP contribution in [0.4, 0.5) is 0 Å². The zero-order chi connectivity index (χ0) is 15.8. The average molecular weight is 302 g/mol. The first-order valence-corrected chi connectivity index (χ1v) is 8.27. The van der Waals surface area contributed by atoms with E-state index in [1.54, 1.807) is 0 Å². The molecule has 0 aromatic heterocycles. The molecule has 0 saturated heterocycles. The molecule has 4 heteroatoms. The van der Waals surface area contributed by atoms with Crippen molar-refractivity contribution in [2.24, 2.45) is 5.92 Å². The summed E-state index contributed by atoms with van der Waals surface area (Å²) in [5.41, 5.74) is 2.15. The lowest BCUT2D eigenvalue weighted by Crippen LogP contribution is -2.40. The molecule has 1 aromatic carbocycles. The molecular formula is C18H26N2O2. The highest BCUT2D eigenvalue weighted by atomic mass is 16.2. The molecule has 1 saturated carbocycles. The van der Waals surface area contributed by atoms with E-state index in [1.165, 1.54) is 32.1 Å². The lowest BCUT2D eigenvalue weighted by Gasteiger charge is -2.21. The van der Waals surface area contributed by atoms with Crippen LogP contribution in [0.15, 0.2) is 24.3 Å². The van der Waals surface area contributed by atoms with Crippen LogP contribution in [0, 0.1) is 12.8 Å². The van der Waals surface area contributed by atoms with Crippen LogP contribution in [0.2, 0.25) is 0 Å². The number of hydrogen-bond acceptors (Lipinski definition) is 2. The van der Waals surface area contributed by atoms with E-state index in [-0.39, 0.29) is 0 Å². The minimum absolute atomic E-state index is 0.385. The van der Waals surface area contributed by atoms with Crippen molar-refractivity contribution in [1.29, 1.82) is 0 Å². The van der Waals surface area contributed by atoms with Crippen molar-refractivity contribution in [1.82, 2.24) is 10.6 Å². The Morgan fingerprint density at radius 3 is 2.55 bits per heavy atom. The molecule has 0 atom stereocenters. The molecule has 0 radical (unpaired) electrons. The van der Waals surface area contributed by atoms with E-state index in [2.05, 4.69) is 10.6 Å². The van der Waals surface area contributed by atoms with Gasteiger partial charge in [0.15, 0.2) is 0 Å². The second-order valence-electron chi connectivity index (χ2n) is 6.22. The normalized spacial score (nSPS) is 15.3. The van der Waals surface area contributed by atoms with Gasteiger partial charge in [-0.3, -0.25) is 9.59 Å². The van der Waals surface area contributed by atoms with Crippen LogP contribution in [-0.2, 0) is 16.1 Å². The molecule has 1 aromatic rings. The van der Waals surface area contributed by atoms with Gasteiger partial charge >= 0.3 is 11.8 Å². The number of hydrogen-bond donors (Lipinski definition) is 2. The van der Waals surface area contributed by atoms with E-state index >= 15 is 0 Å². The molecule has 2 rings (SSSR count). The highest BCUT2D eigenvalue weighted by Gasteiger charge is 2.16. The second kappa shape index (κ2) is 8.57. The Hall–Kier alpha value is -1.84. The molecule has 0 unspecified atom stereocenters. The van der Waals surface area contributed by atoms with Crippen LogP contribution in [0.3, 0.4) is 0 Å². The lowest BCUT2D eigenvalue weighted by molar-refractivity contribution is -0.139. The van der Waals surface area contributed by atoms with Gasteiger partial charge in [0.25, 0.3) is 0 Å². The Labute approximate surface area is 132 Å². The highest BCUT2D eigenvalue weighted by molar-refractivity contribution is 6.35. The fourth-order valence-corrected chi connectivity index (χ4v) is 3.03. The van der Waals surface area contributed by atoms with E-state index < -0.39 is 11.8 Å². The summed E-state index contributed by atoms with van der Waals surface area (Å²) in [4.78, 5) is 23.5. The number of rotatable bonds is 5. The predicted octanol–water partition coefficient (Wildman–Crippen LogP) is 2.70. The summed E-state index contributed by atoms with van der Waals surface area (Å²) in [6.45, 7) is 2.99. The summed E-state index contributed by atoms with van der Waals surface area (Å²) < 4.78 is 0. The van der Waals surface area contributed by atoms with E-state index in [9.17, 15) is 9.59 Å². The predicted molar refractivity (Wildman–Crippen MR) is 87.2 cm³/mol. The second-order valence-corrected chi connectivity index (χ2v) is 6.22. The highest BCUT2D eigenvalue weighted by Crippen LogP contribution is 2.25. The number of benzene rings is 1.